The van der Waals surface area contributed by atoms with E-state index in [1.807, 2.05) is 55.5 Å². The van der Waals surface area contributed by atoms with Crippen LogP contribution in [0.15, 0.2) is 60.7 Å². The summed E-state index contributed by atoms with van der Waals surface area (Å²) in [6.45, 7) is 6.34. The van der Waals surface area contributed by atoms with Crippen molar-refractivity contribution in [2.75, 3.05) is 5.32 Å². The van der Waals surface area contributed by atoms with Crippen molar-refractivity contribution in [2.24, 2.45) is 5.92 Å². The van der Waals surface area contributed by atoms with E-state index < -0.39 is 0 Å². The third-order valence-corrected chi connectivity index (χ3v) is 3.85. The molecule has 0 aromatic heterocycles. The molecule has 0 fully saturated rings. The van der Waals surface area contributed by atoms with E-state index in [4.69, 9.17) is 0 Å². The molecule has 22 heavy (non-hydrogen) atoms. The lowest BCUT2D eigenvalue weighted by molar-refractivity contribution is -0.718. The largest absolute Gasteiger partial charge is 0.330 e. The van der Waals surface area contributed by atoms with Gasteiger partial charge in [-0.1, -0.05) is 62.4 Å². The summed E-state index contributed by atoms with van der Waals surface area (Å²) in [5, 5.41) is 5.12. The standard InChI is InChI=1S/C19H24N2O/c1-14(2)18(16-10-6-4-7-11-16)20-15(3)19(22)21-17-12-8-5-9-13-17/h4-15,18,20H,1-3H3,(H,21,22)/p+1/t15-,18-/m1/s1. The van der Waals surface area contributed by atoms with Crippen LogP contribution in [-0.4, -0.2) is 11.9 Å². The van der Waals surface area contributed by atoms with Gasteiger partial charge in [0.05, 0.1) is 0 Å². The van der Waals surface area contributed by atoms with E-state index in [9.17, 15) is 4.79 Å². The van der Waals surface area contributed by atoms with Crippen LogP contribution in [0.5, 0.6) is 0 Å². The number of nitrogens with two attached hydrogens (primary N) is 1. The molecule has 116 valence electrons. The highest BCUT2D eigenvalue weighted by molar-refractivity contribution is 5.93. The third kappa shape index (κ3) is 4.43. The number of carbonyl (C=O) groups is 1. The molecule has 0 spiro atoms. The van der Waals surface area contributed by atoms with Gasteiger partial charge in [-0.25, -0.2) is 0 Å². The fraction of sp³-hybridized carbons (Fsp3) is 0.316. The van der Waals surface area contributed by atoms with Crippen molar-refractivity contribution in [3.05, 3.63) is 66.2 Å². The van der Waals surface area contributed by atoms with Gasteiger partial charge in [0, 0.05) is 17.2 Å². The number of nitrogens with one attached hydrogen (secondary N) is 1. The van der Waals surface area contributed by atoms with E-state index in [0.717, 1.165) is 5.69 Å². The number of carbonyl (C=O) groups excluding carboxylic acids is 1. The molecule has 3 N–H and O–H groups in total. The summed E-state index contributed by atoms with van der Waals surface area (Å²) in [5.74, 6) is 0.488. The SMILES string of the molecule is CC(C)[C@@H]([NH2+][C@H](C)C(=O)Nc1ccccc1)c1ccccc1. The number of quaternary nitrogens is 1. The van der Waals surface area contributed by atoms with Crippen LogP contribution in [0.1, 0.15) is 32.4 Å². The summed E-state index contributed by atoms with van der Waals surface area (Å²) in [6.07, 6.45) is 0. The molecular weight excluding hydrogens is 272 g/mol. The van der Waals surface area contributed by atoms with Gasteiger partial charge in [0.25, 0.3) is 5.91 Å². The predicted molar refractivity (Wildman–Crippen MR) is 90.5 cm³/mol. The molecule has 0 aliphatic rings. The maximum Gasteiger partial charge on any atom is 0.282 e. The van der Waals surface area contributed by atoms with Gasteiger partial charge >= 0.3 is 0 Å². The maximum absolute atomic E-state index is 12.4. The first kappa shape index (κ1) is 16.2. The molecule has 3 heteroatoms. The van der Waals surface area contributed by atoms with Crippen molar-refractivity contribution in [1.82, 2.24) is 0 Å². The Morgan fingerprint density at radius 1 is 0.909 bits per heavy atom. The van der Waals surface area contributed by atoms with Crippen LogP contribution in [0.2, 0.25) is 0 Å². The Balaban J connectivity index is 2.02. The van der Waals surface area contributed by atoms with Gasteiger partial charge in [0.1, 0.15) is 6.04 Å². The summed E-state index contributed by atoms with van der Waals surface area (Å²) < 4.78 is 0. The van der Waals surface area contributed by atoms with Gasteiger partial charge in [-0.15, -0.1) is 0 Å². The normalized spacial score (nSPS) is 13.6. The zero-order valence-corrected chi connectivity index (χ0v) is 13.5. The number of hydrogen-bond donors (Lipinski definition) is 2. The smallest absolute Gasteiger partial charge is 0.282 e. The Labute approximate surface area is 132 Å². The highest BCUT2D eigenvalue weighted by Gasteiger charge is 2.25. The number of para-hydroxylation sites is 1. The second-order valence-electron chi connectivity index (χ2n) is 6.02. The van der Waals surface area contributed by atoms with Crippen LogP contribution in [0, 0.1) is 5.92 Å². The van der Waals surface area contributed by atoms with E-state index in [2.05, 4.69) is 36.6 Å². The molecule has 0 unspecified atom stereocenters. The summed E-state index contributed by atoms with van der Waals surface area (Å²) in [5.41, 5.74) is 2.10. The fourth-order valence-corrected chi connectivity index (χ4v) is 2.57. The lowest BCUT2D eigenvalue weighted by atomic mass is 9.95. The zero-order chi connectivity index (χ0) is 15.9. The van der Waals surface area contributed by atoms with Crippen molar-refractivity contribution in [3.63, 3.8) is 0 Å². The average Bonchev–Trinajstić information content (AvgIpc) is 2.53. The highest BCUT2D eigenvalue weighted by atomic mass is 16.2. The number of rotatable bonds is 6. The van der Waals surface area contributed by atoms with Crippen molar-refractivity contribution in [3.8, 4) is 0 Å². The molecule has 0 bridgehead atoms. The molecule has 3 nitrogen and oxygen atoms in total. The number of amides is 1. The van der Waals surface area contributed by atoms with Crippen molar-refractivity contribution >= 4 is 11.6 Å². The van der Waals surface area contributed by atoms with Gasteiger partial charge in [0.2, 0.25) is 0 Å². The van der Waals surface area contributed by atoms with Crippen molar-refractivity contribution in [2.45, 2.75) is 32.9 Å². The second kappa shape index (κ2) is 7.76. The Hall–Kier alpha value is -2.13. The van der Waals surface area contributed by atoms with E-state index >= 15 is 0 Å². The topological polar surface area (TPSA) is 45.7 Å². The molecule has 2 rings (SSSR count). The molecule has 2 atom stereocenters. The summed E-state index contributed by atoms with van der Waals surface area (Å²) >= 11 is 0. The molecular formula is C19H25N2O+. The number of benzene rings is 2. The first-order valence-electron chi connectivity index (χ1n) is 7.83. The Morgan fingerprint density at radius 2 is 1.45 bits per heavy atom. The fourth-order valence-electron chi connectivity index (χ4n) is 2.57. The first-order chi connectivity index (χ1) is 10.6. The van der Waals surface area contributed by atoms with Gasteiger partial charge in [-0.2, -0.15) is 0 Å². The second-order valence-corrected chi connectivity index (χ2v) is 6.02. The monoisotopic (exact) mass is 297 g/mol. The Bertz CT molecular complexity index is 581. The van der Waals surface area contributed by atoms with E-state index in [1.165, 1.54) is 5.56 Å². The number of hydrogen-bond acceptors (Lipinski definition) is 1. The lowest BCUT2D eigenvalue weighted by Crippen LogP contribution is -2.93. The molecule has 0 saturated carbocycles. The van der Waals surface area contributed by atoms with Crippen molar-refractivity contribution < 1.29 is 10.1 Å². The quantitative estimate of drug-likeness (QED) is 0.846. The molecule has 2 aromatic rings. The zero-order valence-electron chi connectivity index (χ0n) is 13.5. The van der Waals surface area contributed by atoms with Gasteiger partial charge in [-0.3, -0.25) is 4.79 Å². The molecule has 0 heterocycles. The molecule has 0 radical (unpaired) electrons. The van der Waals surface area contributed by atoms with E-state index in [-0.39, 0.29) is 18.0 Å². The highest BCUT2D eigenvalue weighted by Crippen LogP contribution is 2.17. The summed E-state index contributed by atoms with van der Waals surface area (Å²) in [6, 6.07) is 20.1. The van der Waals surface area contributed by atoms with Crippen LogP contribution in [0.25, 0.3) is 0 Å². The molecule has 0 aliphatic heterocycles. The lowest BCUT2D eigenvalue weighted by Gasteiger charge is -2.23. The molecule has 0 saturated heterocycles. The predicted octanol–water partition coefficient (Wildman–Crippen LogP) is 2.97. The van der Waals surface area contributed by atoms with Gasteiger partial charge in [0.15, 0.2) is 6.04 Å². The van der Waals surface area contributed by atoms with Crippen LogP contribution in [0.3, 0.4) is 0 Å². The summed E-state index contributed by atoms with van der Waals surface area (Å²) in [4.78, 5) is 12.4. The van der Waals surface area contributed by atoms with Crippen LogP contribution < -0.4 is 10.6 Å². The minimum Gasteiger partial charge on any atom is -0.330 e. The van der Waals surface area contributed by atoms with Crippen molar-refractivity contribution in [1.29, 1.82) is 0 Å². The van der Waals surface area contributed by atoms with Crippen LogP contribution in [0.4, 0.5) is 5.69 Å². The molecule has 1 amide bonds. The summed E-state index contributed by atoms with van der Waals surface area (Å²) in [7, 11) is 0. The van der Waals surface area contributed by atoms with E-state index in [1.54, 1.807) is 0 Å². The number of anilines is 1. The molecule has 2 aromatic carbocycles. The minimum atomic E-state index is -0.146. The molecule has 0 aliphatic carbocycles. The minimum absolute atomic E-state index is 0.0350. The average molecular weight is 297 g/mol. The Kier molecular flexibility index (Phi) is 5.73. The first-order valence-corrected chi connectivity index (χ1v) is 7.83. The third-order valence-electron chi connectivity index (χ3n) is 3.85. The van der Waals surface area contributed by atoms with Gasteiger partial charge < -0.3 is 10.6 Å². The van der Waals surface area contributed by atoms with E-state index in [0.29, 0.717) is 5.92 Å². The van der Waals surface area contributed by atoms with Crippen LogP contribution >= 0.6 is 0 Å². The van der Waals surface area contributed by atoms with Crippen LogP contribution in [-0.2, 0) is 4.79 Å². The maximum atomic E-state index is 12.4. The van der Waals surface area contributed by atoms with Gasteiger partial charge in [-0.05, 0) is 19.1 Å². The Morgan fingerprint density at radius 3 is 2.00 bits per heavy atom.